The molecule has 1 aliphatic carbocycles. The van der Waals surface area contributed by atoms with Gasteiger partial charge >= 0.3 is 0 Å². The van der Waals surface area contributed by atoms with Crippen LogP contribution in [0.5, 0.6) is 0 Å². The van der Waals surface area contributed by atoms with E-state index in [0.717, 1.165) is 16.7 Å². The second-order valence-electron chi connectivity index (χ2n) is 13.5. The van der Waals surface area contributed by atoms with Crippen molar-refractivity contribution >= 4 is 17.3 Å². The molecule has 0 amide bonds. The second kappa shape index (κ2) is 14.2. The van der Waals surface area contributed by atoms with Crippen LogP contribution in [0.1, 0.15) is 95.2 Å². The maximum atomic E-state index is 15.4. The van der Waals surface area contributed by atoms with Gasteiger partial charge in [-0.2, -0.15) is 0 Å². The van der Waals surface area contributed by atoms with Crippen LogP contribution in [0.2, 0.25) is 0 Å². The third-order valence-corrected chi connectivity index (χ3v) is 9.07. The minimum atomic E-state index is -0.508. The van der Waals surface area contributed by atoms with Crippen LogP contribution in [0.3, 0.4) is 0 Å². The van der Waals surface area contributed by atoms with E-state index in [1.807, 2.05) is 66.7 Å². The lowest BCUT2D eigenvalue weighted by molar-refractivity contribution is -0.139. The molecule has 0 N–H and O–H groups in total. The Morgan fingerprint density at radius 3 is 1.74 bits per heavy atom. The Bertz CT molecular complexity index is 1310. The van der Waals surface area contributed by atoms with E-state index in [0.29, 0.717) is 19.3 Å². The number of carbonyl (C=O) groups excluding carboxylic acids is 3. The summed E-state index contributed by atoms with van der Waals surface area (Å²) in [5.74, 6) is -1.13. The molecule has 4 rings (SSSR count). The Morgan fingerprint density at radius 1 is 0.714 bits per heavy atom. The van der Waals surface area contributed by atoms with E-state index in [2.05, 4.69) is 65.8 Å². The third kappa shape index (κ3) is 7.17. The van der Waals surface area contributed by atoms with Crippen LogP contribution in [-0.4, -0.2) is 17.3 Å². The molecule has 3 aromatic carbocycles. The van der Waals surface area contributed by atoms with Gasteiger partial charge in [0.25, 0.3) is 0 Å². The lowest BCUT2D eigenvalue weighted by Crippen LogP contribution is -2.47. The summed E-state index contributed by atoms with van der Waals surface area (Å²) in [6.07, 6.45) is 1.41. The number of Topliss-reactive ketones (excluding diaryl/α,β-unsaturated/α-hetero) is 3. The fraction of sp³-hybridized carbons (Fsp3) is 0.462. The van der Waals surface area contributed by atoms with Gasteiger partial charge in [0, 0.05) is 42.4 Å². The van der Waals surface area contributed by atoms with Gasteiger partial charge in [-0.05, 0) is 40.9 Å². The van der Waals surface area contributed by atoms with Crippen molar-refractivity contribution in [3.05, 3.63) is 108 Å². The Balaban J connectivity index is 1.94. The highest BCUT2D eigenvalue weighted by Crippen LogP contribution is 2.52. The van der Waals surface area contributed by atoms with Gasteiger partial charge < -0.3 is 0 Å². The number of hydrogen-bond donors (Lipinski definition) is 0. The van der Waals surface area contributed by atoms with Crippen molar-refractivity contribution in [1.29, 1.82) is 0 Å². The highest BCUT2D eigenvalue weighted by atomic mass is 16.1. The monoisotopic (exact) mass is 564 g/mol. The van der Waals surface area contributed by atoms with Crippen molar-refractivity contribution in [2.45, 2.75) is 78.6 Å². The van der Waals surface area contributed by atoms with Crippen molar-refractivity contribution in [1.82, 2.24) is 0 Å². The van der Waals surface area contributed by atoms with E-state index < -0.39 is 17.8 Å². The van der Waals surface area contributed by atoms with Gasteiger partial charge in [-0.1, -0.05) is 133 Å². The van der Waals surface area contributed by atoms with Crippen molar-refractivity contribution in [2.75, 3.05) is 0 Å². The van der Waals surface area contributed by atoms with Crippen molar-refractivity contribution in [3.8, 4) is 0 Å². The molecule has 0 saturated heterocycles. The minimum absolute atomic E-state index is 0.0887. The molecular formula is C39H48O3. The maximum Gasteiger partial charge on any atom is 0.141 e. The number of hydrogen-bond acceptors (Lipinski definition) is 3. The van der Waals surface area contributed by atoms with E-state index in [-0.39, 0.29) is 52.9 Å². The molecule has 0 spiro atoms. The van der Waals surface area contributed by atoms with Crippen LogP contribution in [-0.2, 0) is 14.4 Å². The Hall–Kier alpha value is -3.33. The maximum absolute atomic E-state index is 15.4. The third-order valence-electron chi connectivity index (χ3n) is 9.07. The molecule has 0 unspecified atom stereocenters. The predicted molar refractivity (Wildman–Crippen MR) is 171 cm³/mol. The second-order valence-corrected chi connectivity index (χ2v) is 13.5. The zero-order chi connectivity index (χ0) is 30.4. The van der Waals surface area contributed by atoms with E-state index in [1.165, 1.54) is 0 Å². The minimum Gasteiger partial charge on any atom is -0.299 e. The lowest BCUT2D eigenvalue weighted by atomic mass is 9.56. The molecule has 42 heavy (non-hydrogen) atoms. The Labute approximate surface area is 253 Å². The SMILES string of the molecule is CC(C)CC(=O)[C@H](c1ccccc1)[C@H](CC(C)C)C(=O)[C@H]1[C@@H](c2ccccc2)[C@@H](C(C)C)C(=O)C[C@H]1c1ccccc1. The molecule has 222 valence electrons. The Morgan fingerprint density at radius 2 is 1.24 bits per heavy atom. The zero-order valence-electron chi connectivity index (χ0n) is 26.2. The highest BCUT2D eigenvalue weighted by Gasteiger charge is 2.52. The first-order valence-electron chi connectivity index (χ1n) is 15.8. The summed E-state index contributed by atoms with van der Waals surface area (Å²) < 4.78 is 0. The van der Waals surface area contributed by atoms with Gasteiger partial charge in [-0.15, -0.1) is 0 Å². The molecule has 1 aliphatic rings. The van der Waals surface area contributed by atoms with Gasteiger partial charge in [0.1, 0.15) is 17.3 Å². The summed E-state index contributed by atoms with van der Waals surface area (Å²) in [5.41, 5.74) is 2.99. The van der Waals surface area contributed by atoms with Crippen LogP contribution in [0.15, 0.2) is 91.0 Å². The molecule has 1 saturated carbocycles. The summed E-state index contributed by atoms with van der Waals surface area (Å²) in [4.78, 5) is 43.4. The summed E-state index contributed by atoms with van der Waals surface area (Å²) in [6, 6.07) is 30.2. The molecule has 0 heterocycles. The number of ketones is 3. The first-order valence-corrected chi connectivity index (χ1v) is 15.8. The van der Waals surface area contributed by atoms with Crippen LogP contribution in [0, 0.1) is 35.5 Å². The molecule has 0 aromatic heterocycles. The molecule has 1 fully saturated rings. The first-order chi connectivity index (χ1) is 20.1. The first kappa shape index (κ1) is 31.6. The fourth-order valence-electron chi connectivity index (χ4n) is 7.43. The molecule has 6 atom stereocenters. The topological polar surface area (TPSA) is 51.2 Å². The van der Waals surface area contributed by atoms with Crippen molar-refractivity contribution in [2.24, 2.45) is 35.5 Å². The number of carbonyl (C=O) groups is 3. The molecule has 3 heteroatoms. The lowest BCUT2D eigenvalue weighted by Gasteiger charge is -2.45. The van der Waals surface area contributed by atoms with Crippen LogP contribution in [0.25, 0.3) is 0 Å². The smallest absolute Gasteiger partial charge is 0.141 e. The molecule has 0 bridgehead atoms. The molecule has 3 nitrogen and oxygen atoms in total. The van der Waals surface area contributed by atoms with E-state index in [1.54, 1.807) is 0 Å². The summed E-state index contributed by atoms with van der Waals surface area (Å²) in [7, 11) is 0. The van der Waals surface area contributed by atoms with Crippen molar-refractivity contribution in [3.63, 3.8) is 0 Å². The average molecular weight is 565 g/mol. The molecular weight excluding hydrogens is 516 g/mol. The van der Waals surface area contributed by atoms with Crippen molar-refractivity contribution < 1.29 is 14.4 Å². The summed E-state index contributed by atoms with van der Waals surface area (Å²) in [5, 5.41) is 0. The fourth-order valence-corrected chi connectivity index (χ4v) is 7.43. The number of benzene rings is 3. The largest absolute Gasteiger partial charge is 0.299 e. The van der Waals surface area contributed by atoms with E-state index >= 15 is 4.79 Å². The summed E-state index contributed by atoms with van der Waals surface area (Å²) in [6.45, 7) is 12.6. The van der Waals surface area contributed by atoms with Gasteiger partial charge in [-0.25, -0.2) is 0 Å². The van der Waals surface area contributed by atoms with Crippen LogP contribution < -0.4 is 0 Å². The van der Waals surface area contributed by atoms with Gasteiger partial charge in [0.05, 0.1) is 5.92 Å². The molecule has 0 radical (unpaired) electrons. The van der Waals surface area contributed by atoms with E-state index in [4.69, 9.17) is 0 Å². The van der Waals surface area contributed by atoms with Gasteiger partial charge in [0.2, 0.25) is 0 Å². The number of rotatable bonds is 12. The van der Waals surface area contributed by atoms with Gasteiger partial charge in [0.15, 0.2) is 0 Å². The molecule has 0 aliphatic heterocycles. The summed E-state index contributed by atoms with van der Waals surface area (Å²) >= 11 is 0. The quantitative estimate of drug-likeness (QED) is 0.220. The van der Waals surface area contributed by atoms with Gasteiger partial charge in [-0.3, -0.25) is 14.4 Å². The van der Waals surface area contributed by atoms with E-state index in [9.17, 15) is 9.59 Å². The normalized spacial score (nSPS) is 22.4. The molecule has 3 aromatic rings. The zero-order valence-corrected chi connectivity index (χ0v) is 26.2. The predicted octanol–water partition coefficient (Wildman–Crippen LogP) is 9.05. The standard InChI is InChI=1S/C39H48O3/c1-25(2)22-32(36(33(40)23-26(3)4)29-18-12-8-13-19-29)39(42)38-31(28-16-10-7-11-17-28)24-34(41)35(27(5)6)37(38)30-20-14-9-15-21-30/h7-21,25-27,31-32,35-38H,22-24H2,1-6H3/t31-,32-,35-,36+,37-,38+/m0/s1. The highest BCUT2D eigenvalue weighted by molar-refractivity contribution is 5.97. The van der Waals surface area contributed by atoms with Crippen LogP contribution >= 0.6 is 0 Å². The van der Waals surface area contributed by atoms with Crippen LogP contribution in [0.4, 0.5) is 0 Å². The average Bonchev–Trinajstić information content (AvgIpc) is 2.96. The Kier molecular flexibility index (Phi) is 10.7.